The summed E-state index contributed by atoms with van der Waals surface area (Å²) in [5.41, 5.74) is 0. The summed E-state index contributed by atoms with van der Waals surface area (Å²) in [6, 6.07) is 0. The largest absolute Gasteiger partial charge is 0.347 e. The first-order valence-corrected chi connectivity index (χ1v) is 7.14. The highest BCUT2D eigenvalue weighted by atomic mass is 79.9. The highest BCUT2D eigenvalue weighted by molar-refractivity contribution is 9.10. The first-order valence-electron chi connectivity index (χ1n) is 4.18. The monoisotopic (exact) mass is 278 g/mol. The van der Waals surface area contributed by atoms with E-state index in [2.05, 4.69) is 32.1 Å². The Morgan fingerprint density at radius 3 is 3.15 bits per heavy atom. The maximum Gasteiger partial charge on any atom is 0.186 e. The number of aromatic nitrogens is 1. The molecule has 0 N–H and O–H groups in total. The number of nitrogens with zero attached hydrogens (tertiary/aromatic N) is 2. The van der Waals surface area contributed by atoms with Crippen molar-refractivity contribution in [1.29, 1.82) is 0 Å². The van der Waals surface area contributed by atoms with Crippen LogP contribution in [-0.2, 0) is 0 Å². The zero-order chi connectivity index (χ0) is 9.26. The summed E-state index contributed by atoms with van der Waals surface area (Å²) in [6.45, 7) is 2.31. The topological polar surface area (TPSA) is 16.1 Å². The van der Waals surface area contributed by atoms with E-state index in [-0.39, 0.29) is 0 Å². The van der Waals surface area contributed by atoms with E-state index in [1.54, 1.807) is 11.3 Å². The quantitative estimate of drug-likeness (QED) is 0.828. The minimum Gasteiger partial charge on any atom is -0.347 e. The maximum atomic E-state index is 4.41. The van der Waals surface area contributed by atoms with Gasteiger partial charge in [-0.05, 0) is 28.6 Å². The number of rotatable bonds is 2. The van der Waals surface area contributed by atoms with Crippen molar-refractivity contribution in [1.82, 2.24) is 4.98 Å². The van der Waals surface area contributed by atoms with Crippen molar-refractivity contribution < 1.29 is 0 Å². The fourth-order valence-corrected chi connectivity index (χ4v) is 3.44. The Balaban J connectivity index is 2.03. The lowest BCUT2D eigenvalue weighted by Gasteiger charge is -2.13. The first-order chi connectivity index (χ1) is 6.29. The average Bonchev–Trinajstić information content (AvgIpc) is 2.71. The van der Waals surface area contributed by atoms with Gasteiger partial charge in [0.05, 0.1) is 0 Å². The minimum atomic E-state index is 0.794. The number of anilines is 1. The van der Waals surface area contributed by atoms with Crippen LogP contribution in [0, 0.1) is 0 Å². The molecule has 1 aromatic rings. The van der Waals surface area contributed by atoms with Crippen molar-refractivity contribution in [3.05, 3.63) is 9.98 Å². The summed E-state index contributed by atoms with van der Waals surface area (Å²) in [7, 11) is 0. The summed E-state index contributed by atoms with van der Waals surface area (Å²) in [5, 5.41) is 3.99. The standard InChI is InChI=1S/C8H11BrN2S2/c1-12-6-2-3-11(4-6)8-10-7(9)5-13-8/h5-6H,2-4H2,1H3. The van der Waals surface area contributed by atoms with E-state index in [9.17, 15) is 0 Å². The molecule has 2 rings (SSSR count). The Kier molecular flexibility index (Phi) is 3.16. The molecule has 72 valence electrons. The zero-order valence-corrected chi connectivity index (χ0v) is 10.6. The molecule has 5 heteroatoms. The molecule has 0 saturated carbocycles. The number of thiazole rings is 1. The molecule has 0 aromatic carbocycles. The van der Waals surface area contributed by atoms with Crippen molar-refractivity contribution in [2.24, 2.45) is 0 Å². The molecule has 2 heterocycles. The molecule has 13 heavy (non-hydrogen) atoms. The Bertz CT molecular complexity index is 289. The van der Waals surface area contributed by atoms with Crippen LogP contribution in [-0.4, -0.2) is 29.6 Å². The lowest BCUT2D eigenvalue weighted by molar-refractivity contribution is 0.955. The van der Waals surface area contributed by atoms with Gasteiger partial charge in [0.25, 0.3) is 0 Å². The summed E-state index contributed by atoms with van der Waals surface area (Å²) < 4.78 is 0.958. The van der Waals surface area contributed by atoms with Gasteiger partial charge in [-0.25, -0.2) is 4.98 Å². The summed E-state index contributed by atoms with van der Waals surface area (Å²) in [4.78, 5) is 6.78. The van der Waals surface area contributed by atoms with Gasteiger partial charge >= 0.3 is 0 Å². The summed E-state index contributed by atoms with van der Waals surface area (Å²) in [6.07, 6.45) is 3.48. The Morgan fingerprint density at radius 2 is 2.62 bits per heavy atom. The molecule has 0 aliphatic carbocycles. The fraction of sp³-hybridized carbons (Fsp3) is 0.625. The van der Waals surface area contributed by atoms with E-state index in [0.29, 0.717) is 0 Å². The van der Waals surface area contributed by atoms with Crippen LogP contribution >= 0.6 is 39.0 Å². The number of halogens is 1. The highest BCUT2D eigenvalue weighted by Crippen LogP contribution is 2.29. The third-order valence-corrected chi connectivity index (χ3v) is 4.88. The van der Waals surface area contributed by atoms with Crippen molar-refractivity contribution in [3.63, 3.8) is 0 Å². The van der Waals surface area contributed by atoms with E-state index in [0.717, 1.165) is 28.1 Å². The zero-order valence-electron chi connectivity index (χ0n) is 7.36. The van der Waals surface area contributed by atoms with Gasteiger partial charge in [-0.15, -0.1) is 11.3 Å². The van der Waals surface area contributed by atoms with Gasteiger partial charge in [0.2, 0.25) is 0 Å². The normalized spacial score (nSPS) is 22.6. The molecule has 1 atom stereocenters. The summed E-state index contributed by atoms with van der Waals surface area (Å²) in [5.74, 6) is 0. The van der Waals surface area contributed by atoms with Crippen molar-refractivity contribution in [3.8, 4) is 0 Å². The smallest absolute Gasteiger partial charge is 0.186 e. The summed E-state index contributed by atoms with van der Waals surface area (Å²) >= 11 is 7.06. The number of hydrogen-bond acceptors (Lipinski definition) is 4. The van der Waals surface area contributed by atoms with Crippen molar-refractivity contribution >= 4 is 44.2 Å². The maximum absolute atomic E-state index is 4.41. The second-order valence-corrected chi connectivity index (χ2v) is 5.83. The molecule has 1 aromatic heterocycles. The molecule has 2 nitrogen and oxygen atoms in total. The van der Waals surface area contributed by atoms with E-state index >= 15 is 0 Å². The third kappa shape index (κ3) is 2.19. The molecule has 1 aliphatic rings. The fourth-order valence-electron chi connectivity index (χ4n) is 1.48. The van der Waals surface area contributed by atoms with Crippen LogP contribution < -0.4 is 4.90 Å². The molecular weight excluding hydrogens is 268 g/mol. The second-order valence-electron chi connectivity index (χ2n) is 3.05. The van der Waals surface area contributed by atoms with Crippen LogP contribution in [0.3, 0.4) is 0 Å². The molecule has 1 saturated heterocycles. The molecule has 1 fully saturated rings. The van der Waals surface area contributed by atoms with Gasteiger partial charge in [-0.1, -0.05) is 0 Å². The van der Waals surface area contributed by atoms with E-state index < -0.39 is 0 Å². The number of thioether (sulfide) groups is 1. The molecule has 0 amide bonds. The number of hydrogen-bond donors (Lipinski definition) is 0. The van der Waals surface area contributed by atoms with Crippen LogP contribution in [0.2, 0.25) is 0 Å². The Hall–Kier alpha value is 0.260. The van der Waals surface area contributed by atoms with E-state index in [1.165, 1.54) is 6.42 Å². The van der Waals surface area contributed by atoms with Crippen LogP contribution in [0.15, 0.2) is 9.98 Å². The minimum absolute atomic E-state index is 0.794. The van der Waals surface area contributed by atoms with Gasteiger partial charge in [0, 0.05) is 23.7 Å². The van der Waals surface area contributed by atoms with E-state index in [1.807, 2.05) is 17.1 Å². The molecular formula is C8H11BrN2S2. The Morgan fingerprint density at radius 1 is 1.77 bits per heavy atom. The van der Waals surface area contributed by atoms with Gasteiger partial charge in [-0.3, -0.25) is 0 Å². The van der Waals surface area contributed by atoms with Crippen LogP contribution in [0.1, 0.15) is 6.42 Å². The second kappa shape index (κ2) is 4.19. The molecule has 0 radical (unpaired) electrons. The van der Waals surface area contributed by atoms with Gasteiger partial charge < -0.3 is 4.90 Å². The van der Waals surface area contributed by atoms with Gasteiger partial charge in [-0.2, -0.15) is 11.8 Å². The van der Waals surface area contributed by atoms with Crippen molar-refractivity contribution in [2.75, 3.05) is 24.2 Å². The average molecular weight is 279 g/mol. The first kappa shape index (κ1) is 9.80. The van der Waals surface area contributed by atoms with Crippen LogP contribution in [0.25, 0.3) is 0 Å². The molecule has 0 spiro atoms. The van der Waals surface area contributed by atoms with Crippen molar-refractivity contribution in [2.45, 2.75) is 11.7 Å². The van der Waals surface area contributed by atoms with Crippen LogP contribution in [0.4, 0.5) is 5.13 Å². The van der Waals surface area contributed by atoms with Gasteiger partial charge in [0.1, 0.15) is 4.60 Å². The Labute approximate surface area is 94.9 Å². The third-order valence-electron chi connectivity index (χ3n) is 2.21. The van der Waals surface area contributed by atoms with E-state index in [4.69, 9.17) is 0 Å². The molecule has 1 unspecified atom stereocenters. The SMILES string of the molecule is CSC1CCN(c2nc(Br)cs2)C1. The lowest BCUT2D eigenvalue weighted by atomic mass is 10.4. The highest BCUT2D eigenvalue weighted by Gasteiger charge is 2.23. The molecule has 1 aliphatic heterocycles. The molecule has 0 bridgehead atoms. The predicted octanol–water partition coefficient (Wildman–Crippen LogP) is 2.85. The van der Waals surface area contributed by atoms with Crippen LogP contribution in [0.5, 0.6) is 0 Å². The lowest BCUT2D eigenvalue weighted by Crippen LogP contribution is -2.19. The predicted molar refractivity (Wildman–Crippen MR) is 63.9 cm³/mol. The van der Waals surface area contributed by atoms with Gasteiger partial charge in [0.15, 0.2) is 5.13 Å².